The van der Waals surface area contributed by atoms with Crippen molar-refractivity contribution in [1.29, 1.82) is 0 Å². The van der Waals surface area contributed by atoms with Crippen molar-refractivity contribution < 1.29 is 9.84 Å². The molecule has 0 aliphatic carbocycles. The summed E-state index contributed by atoms with van der Waals surface area (Å²) in [6.07, 6.45) is 0.910. The van der Waals surface area contributed by atoms with Crippen molar-refractivity contribution in [2.75, 3.05) is 13.7 Å². The molecule has 0 saturated heterocycles. The number of benzene rings is 1. The third kappa shape index (κ3) is 3.77. The maximum Gasteiger partial charge on any atom is 0.123 e. The second-order valence-electron chi connectivity index (χ2n) is 3.62. The van der Waals surface area contributed by atoms with Crippen LogP contribution >= 0.6 is 15.9 Å². The largest absolute Gasteiger partial charge is 0.496 e. The molecule has 0 aliphatic heterocycles. The Labute approximate surface area is 105 Å². The summed E-state index contributed by atoms with van der Waals surface area (Å²) >= 11 is 3.43. The van der Waals surface area contributed by atoms with Crippen LogP contribution in [0.4, 0.5) is 0 Å². The number of aliphatic hydroxyl groups is 1. The average Bonchev–Trinajstić information content (AvgIpc) is 2.30. The van der Waals surface area contributed by atoms with Gasteiger partial charge in [-0.2, -0.15) is 0 Å². The van der Waals surface area contributed by atoms with E-state index in [-0.39, 0.29) is 12.6 Å². The number of halogens is 1. The second-order valence-corrected chi connectivity index (χ2v) is 4.54. The van der Waals surface area contributed by atoms with E-state index in [1.165, 1.54) is 0 Å². The Kier molecular flexibility index (Phi) is 5.80. The van der Waals surface area contributed by atoms with Gasteiger partial charge < -0.3 is 15.2 Å². The van der Waals surface area contributed by atoms with Crippen molar-refractivity contribution in [1.82, 2.24) is 5.32 Å². The Bertz CT molecular complexity index is 327. The van der Waals surface area contributed by atoms with Crippen LogP contribution in [0.3, 0.4) is 0 Å². The van der Waals surface area contributed by atoms with Gasteiger partial charge in [0.15, 0.2) is 0 Å². The minimum absolute atomic E-state index is 0.142. The summed E-state index contributed by atoms with van der Waals surface area (Å²) < 4.78 is 6.31. The highest BCUT2D eigenvalue weighted by Gasteiger charge is 2.07. The summed E-state index contributed by atoms with van der Waals surface area (Å²) in [7, 11) is 1.66. The molecule has 1 atom stereocenters. The topological polar surface area (TPSA) is 41.5 Å². The van der Waals surface area contributed by atoms with Crippen molar-refractivity contribution >= 4 is 15.9 Å². The van der Waals surface area contributed by atoms with Crippen molar-refractivity contribution in [2.45, 2.75) is 25.9 Å². The molecule has 0 aliphatic rings. The van der Waals surface area contributed by atoms with E-state index in [2.05, 4.69) is 21.2 Å². The lowest BCUT2D eigenvalue weighted by Gasteiger charge is -2.15. The van der Waals surface area contributed by atoms with Crippen molar-refractivity contribution in [3.63, 3.8) is 0 Å². The molecule has 1 aromatic rings. The molecule has 1 aromatic carbocycles. The monoisotopic (exact) mass is 287 g/mol. The van der Waals surface area contributed by atoms with Gasteiger partial charge in [-0.15, -0.1) is 0 Å². The lowest BCUT2D eigenvalue weighted by Crippen LogP contribution is -2.31. The first-order chi connectivity index (χ1) is 7.71. The summed E-state index contributed by atoms with van der Waals surface area (Å²) in [5.74, 6) is 0.864. The summed E-state index contributed by atoms with van der Waals surface area (Å²) in [5.41, 5.74) is 1.09. The molecule has 4 heteroatoms. The Hall–Kier alpha value is -0.580. The van der Waals surface area contributed by atoms with Gasteiger partial charge in [-0.05, 0) is 24.6 Å². The zero-order chi connectivity index (χ0) is 12.0. The van der Waals surface area contributed by atoms with Crippen LogP contribution in [0.15, 0.2) is 22.7 Å². The molecule has 0 aromatic heterocycles. The Morgan fingerprint density at radius 3 is 2.81 bits per heavy atom. The second kappa shape index (κ2) is 6.89. The number of methoxy groups -OCH3 is 1. The fourth-order valence-electron chi connectivity index (χ4n) is 1.48. The van der Waals surface area contributed by atoms with E-state index in [1.54, 1.807) is 7.11 Å². The van der Waals surface area contributed by atoms with Crippen LogP contribution in [0.5, 0.6) is 5.75 Å². The molecular formula is C12H18BrNO2. The number of nitrogens with one attached hydrogen (secondary N) is 1. The summed E-state index contributed by atoms with van der Waals surface area (Å²) in [5, 5.41) is 12.4. The predicted octanol–water partition coefficient (Wildman–Crippen LogP) is 2.32. The summed E-state index contributed by atoms with van der Waals surface area (Å²) in [6.45, 7) is 2.90. The Morgan fingerprint density at radius 1 is 1.50 bits per heavy atom. The number of rotatable bonds is 6. The van der Waals surface area contributed by atoms with Crippen LogP contribution in [0.25, 0.3) is 0 Å². The standard InChI is InChI=1S/C12H18BrNO2/c1-3-11(8-15)14-7-9-6-10(13)4-5-12(9)16-2/h4-6,11,14-15H,3,7-8H2,1-2H3/t11-/m0/s1. The summed E-state index contributed by atoms with van der Waals surface area (Å²) in [6, 6.07) is 6.05. The van der Waals surface area contributed by atoms with Gasteiger partial charge in [0.05, 0.1) is 13.7 Å². The highest BCUT2D eigenvalue weighted by Crippen LogP contribution is 2.22. The molecule has 1 rings (SSSR count). The third-order valence-corrected chi connectivity index (χ3v) is 3.03. The lowest BCUT2D eigenvalue weighted by atomic mass is 10.1. The maximum atomic E-state index is 9.08. The molecule has 0 unspecified atom stereocenters. The third-order valence-electron chi connectivity index (χ3n) is 2.54. The van der Waals surface area contributed by atoms with Crippen LogP contribution in [-0.4, -0.2) is 24.9 Å². The van der Waals surface area contributed by atoms with E-state index in [0.717, 1.165) is 22.2 Å². The van der Waals surface area contributed by atoms with Crippen LogP contribution in [-0.2, 0) is 6.54 Å². The minimum atomic E-state index is 0.142. The van der Waals surface area contributed by atoms with Gasteiger partial charge in [0.25, 0.3) is 0 Å². The fraction of sp³-hybridized carbons (Fsp3) is 0.500. The first-order valence-corrected chi connectivity index (χ1v) is 6.17. The highest BCUT2D eigenvalue weighted by atomic mass is 79.9. The highest BCUT2D eigenvalue weighted by molar-refractivity contribution is 9.10. The molecule has 0 saturated carbocycles. The molecule has 0 bridgehead atoms. The van der Waals surface area contributed by atoms with Crippen molar-refractivity contribution in [3.05, 3.63) is 28.2 Å². The number of ether oxygens (including phenoxy) is 1. The first kappa shape index (κ1) is 13.5. The Morgan fingerprint density at radius 2 is 2.25 bits per heavy atom. The van der Waals surface area contributed by atoms with E-state index in [1.807, 2.05) is 25.1 Å². The fourth-order valence-corrected chi connectivity index (χ4v) is 1.89. The average molecular weight is 288 g/mol. The van der Waals surface area contributed by atoms with Gasteiger partial charge >= 0.3 is 0 Å². The van der Waals surface area contributed by atoms with Crippen molar-refractivity contribution in [3.8, 4) is 5.75 Å². The van der Waals surface area contributed by atoms with E-state index in [4.69, 9.17) is 9.84 Å². The molecule has 0 heterocycles. The normalized spacial score (nSPS) is 12.5. The molecule has 0 amide bonds. The van der Waals surface area contributed by atoms with Crippen molar-refractivity contribution in [2.24, 2.45) is 0 Å². The molecule has 90 valence electrons. The molecular weight excluding hydrogens is 270 g/mol. The van der Waals surface area contributed by atoms with Gasteiger partial charge in [-0.1, -0.05) is 22.9 Å². The zero-order valence-electron chi connectivity index (χ0n) is 9.66. The molecule has 0 spiro atoms. The smallest absolute Gasteiger partial charge is 0.123 e. The van der Waals surface area contributed by atoms with Crippen LogP contribution in [0.2, 0.25) is 0 Å². The van der Waals surface area contributed by atoms with E-state index >= 15 is 0 Å². The van der Waals surface area contributed by atoms with E-state index < -0.39 is 0 Å². The van der Waals surface area contributed by atoms with E-state index in [0.29, 0.717) is 6.54 Å². The quantitative estimate of drug-likeness (QED) is 0.844. The minimum Gasteiger partial charge on any atom is -0.496 e. The van der Waals surface area contributed by atoms with Gasteiger partial charge in [0.1, 0.15) is 5.75 Å². The molecule has 0 fully saturated rings. The number of aliphatic hydroxyl groups excluding tert-OH is 1. The maximum absolute atomic E-state index is 9.08. The first-order valence-electron chi connectivity index (χ1n) is 5.38. The van der Waals surface area contributed by atoms with Gasteiger partial charge in [0, 0.05) is 22.6 Å². The number of hydrogen-bond acceptors (Lipinski definition) is 3. The SMILES string of the molecule is CC[C@@H](CO)NCc1cc(Br)ccc1OC. The van der Waals surface area contributed by atoms with Crippen LogP contribution in [0.1, 0.15) is 18.9 Å². The van der Waals surface area contributed by atoms with Gasteiger partial charge in [-0.25, -0.2) is 0 Å². The van der Waals surface area contributed by atoms with Crippen LogP contribution in [0, 0.1) is 0 Å². The molecule has 16 heavy (non-hydrogen) atoms. The molecule has 3 nitrogen and oxygen atoms in total. The zero-order valence-corrected chi connectivity index (χ0v) is 11.3. The lowest BCUT2D eigenvalue weighted by molar-refractivity contribution is 0.238. The van der Waals surface area contributed by atoms with Crippen LogP contribution < -0.4 is 10.1 Å². The summed E-state index contributed by atoms with van der Waals surface area (Å²) in [4.78, 5) is 0. The molecule has 2 N–H and O–H groups in total. The van der Waals surface area contributed by atoms with E-state index in [9.17, 15) is 0 Å². The number of hydrogen-bond donors (Lipinski definition) is 2. The molecule has 0 radical (unpaired) electrons. The Balaban J connectivity index is 2.68. The van der Waals surface area contributed by atoms with Gasteiger partial charge in [-0.3, -0.25) is 0 Å². The van der Waals surface area contributed by atoms with Gasteiger partial charge in [0.2, 0.25) is 0 Å². The predicted molar refractivity (Wildman–Crippen MR) is 68.7 cm³/mol.